The van der Waals surface area contributed by atoms with Gasteiger partial charge in [0.15, 0.2) is 5.11 Å². The number of hydrogen-bond donors (Lipinski definition) is 2. The molecule has 0 heterocycles. The molecule has 0 radical (unpaired) electrons. The van der Waals surface area contributed by atoms with Crippen molar-refractivity contribution in [2.75, 3.05) is 0 Å². The first-order chi connectivity index (χ1) is 10.1. The number of nitrogens with zero attached hydrogens (tertiary/aromatic N) is 1. The maximum atomic E-state index is 13.3. The largest absolute Gasteiger partial charge is 0.357 e. The summed E-state index contributed by atoms with van der Waals surface area (Å²) in [7, 11) is 0. The van der Waals surface area contributed by atoms with Crippen LogP contribution in [0.4, 0.5) is 8.78 Å². The quantitative estimate of drug-likeness (QED) is 0.518. The van der Waals surface area contributed by atoms with Crippen molar-refractivity contribution < 1.29 is 8.78 Å². The zero-order chi connectivity index (χ0) is 15.1. The first kappa shape index (κ1) is 15.1. The van der Waals surface area contributed by atoms with Crippen molar-refractivity contribution in [3.05, 3.63) is 71.3 Å². The summed E-state index contributed by atoms with van der Waals surface area (Å²) in [4.78, 5) is 0. The van der Waals surface area contributed by atoms with Crippen LogP contribution in [0.15, 0.2) is 53.6 Å². The lowest BCUT2D eigenvalue weighted by Gasteiger charge is -2.06. The molecule has 21 heavy (non-hydrogen) atoms. The molecule has 2 rings (SSSR count). The molecule has 0 spiro atoms. The number of halogens is 2. The minimum Gasteiger partial charge on any atom is -0.357 e. The third kappa shape index (κ3) is 4.92. The second-order valence-corrected chi connectivity index (χ2v) is 4.61. The van der Waals surface area contributed by atoms with Crippen molar-refractivity contribution in [1.29, 1.82) is 0 Å². The minimum absolute atomic E-state index is 0.176. The van der Waals surface area contributed by atoms with Crippen molar-refractivity contribution in [1.82, 2.24) is 10.7 Å². The Kier molecular flexibility index (Phi) is 5.34. The first-order valence-corrected chi connectivity index (χ1v) is 6.62. The third-order valence-corrected chi connectivity index (χ3v) is 2.86. The fraction of sp³-hybridized carbons (Fsp3) is 0.0667. The molecule has 0 saturated carbocycles. The Labute approximate surface area is 126 Å². The Morgan fingerprint density at radius 1 is 1.14 bits per heavy atom. The van der Waals surface area contributed by atoms with Crippen LogP contribution in [0.5, 0.6) is 0 Å². The van der Waals surface area contributed by atoms with Gasteiger partial charge in [-0.25, -0.2) is 8.78 Å². The van der Waals surface area contributed by atoms with Crippen LogP contribution in [-0.4, -0.2) is 11.3 Å². The van der Waals surface area contributed by atoms with Crippen LogP contribution < -0.4 is 10.7 Å². The van der Waals surface area contributed by atoms with Crippen LogP contribution in [0.1, 0.15) is 11.1 Å². The lowest BCUT2D eigenvalue weighted by Crippen LogP contribution is -2.31. The number of rotatable bonds is 4. The maximum Gasteiger partial charge on any atom is 0.187 e. The average Bonchev–Trinajstić information content (AvgIpc) is 2.48. The van der Waals surface area contributed by atoms with E-state index < -0.39 is 11.6 Å². The molecule has 2 aromatic rings. The lowest BCUT2D eigenvalue weighted by molar-refractivity contribution is 0.582. The first-order valence-electron chi connectivity index (χ1n) is 6.21. The molecule has 0 saturated heterocycles. The molecule has 0 atom stereocenters. The Hall–Kier alpha value is -2.34. The predicted molar refractivity (Wildman–Crippen MR) is 83.0 cm³/mol. The SMILES string of the molecule is Fc1ccc(C=NNC(=S)NCc2ccccc2)c(F)c1. The van der Waals surface area contributed by atoms with E-state index in [0.717, 1.165) is 17.7 Å². The van der Waals surface area contributed by atoms with Crippen molar-refractivity contribution >= 4 is 23.5 Å². The van der Waals surface area contributed by atoms with E-state index in [9.17, 15) is 8.78 Å². The molecule has 0 bridgehead atoms. The number of thiocarbonyl (C=S) groups is 1. The fourth-order valence-corrected chi connectivity index (χ4v) is 1.71. The van der Waals surface area contributed by atoms with Gasteiger partial charge in [-0.05, 0) is 29.9 Å². The van der Waals surface area contributed by atoms with Gasteiger partial charge >= 0.3 is 0 Å². The summed E-state index contributed by atoms with van der Waals surface area (Å²) in [6.45, 7) is 0.563. The minimum atomic E-state index is -0.677. The van der Waals surface area contributed by atoms with Crippen LogP contribution in [0.3, 0.4) is 0 Å². The Morgan fingerprint density at radius 2 is 1.90 bits per heavy atom. The molecule has 2 aromatic carbocycles. The van der Waals surface area contributed by atoms with Gasteiger partial charge in [0.2, 0.25) is 0 Å². The Morgan fingerprint density at radius 3 is 2.62 bits per heavy atom. The molecule has 0 aliphatic heterocycles. The standard InChI is InChI=1S/C15H13F2N3S/c16-13-7-6-12(14(17)8-13)10-19-20-15(21)18-9-11-4-2-1-3-5-11/h1-8,10H,9H2,(H2,18,20,21). The van der Waals surface area contributed by atoms with Crippen LogP contribution in [0.2, 0.25) is 0 Å². The number of hydrazone groups is 1. The number of nitrogens with one attached hydrogen (secondary N) is 2. The number of benzene rings is 2. The van der Waals surface area contributed by atoms with Gasteiger partial charge in [0.25, 0.3) is 0 Å². The molecule has 3 nitrogen and oxygen atoms in total. The van der Waals surface area contributed by atoms with Crippen molar-refractivity contribution in [2.45, 2.75) is 6.54 Å². The van der Waals surface area contributed by atoms with Gasteiger partial charge in [0, 0.05) is 18.2 Å². The van der Waals surface area contributed by atoms with E-state index in [0.29, 0.717) is 11.7 Å². The number of hydrogen-bond acceptors (Lipinski definition) is 2. The molecule has 0 fully saturated rings. The van der Waals surface area contributed by atoms with Crippen molar-refractivity contribution in [3.63, 3.8) is 0 Å². The molecular formula is C15H13F2N3S. The molecule has 6 heteroatoms. The van der Waals surface area contributed by atoms with Gasteiger partial charge in [0.1, 0.15) is 11.6 Å². The molecular weight excluding hydrogens is 292 g/mol. The highest BCUT2D eigenvalue weighted by molar-refractivity contribution is 7.80. The van der Waals surface area contributed by atoms with E-state index in [1.807, 2.05) is 30.3 Å². The summed E-state index contributed by atoms with van der Waals surface area (Å²) >= 11 is 5.03. The van der Waals surface area contributed by atoms with E-state index in [1.165, 1.54) is 12.3 Å². The van der Waals surface area contributed by atoms with Gasteiger partial charge < -0.3 is 5.32 Å². The Balaban J connectivity index is 1.82. The maximum absolute atomic E-state index is 13.3. The van der Waals surface area contributed by atoms with Gasteiger partial charge in [-0.3, -0.25) is 5.43 Å². The molecule has 0 aromatic heterocycles. The highest BCUT2D eigenvalue weighted by Crippen LogP contribution is 2.06. The highest BCUT2D eigenvalue weighted by atomic mass is 32.1. The smallest absolute Gasteiger partial charge is 0.187 e. The van der Waals surface area contributed by atoms with Crippen LogP contribution in [0, 0.1) is 11.6 Å². The Bertz CT molecular complexity index is 645. The predicted octanol–water partition coefficient (Wildman–Crippen LogP) is 2.96. The van der Waals surface area contributed by atoms with Crippen LogP contribution in [0.25, 0.3) is 0 Å². The molecule has 2 N–H and O–H groups in total. The van der Waals surface area contributed by atoms with Crippen LogP contribution >= 0.6 is 12.2 Å². The highest BCUT2D eigenvalue weighted by Gasteiger charge is 2.00. The lowest BCUT2D eigenvalue weighted by atomic mass is 10.2. The van der Waals surface area contributed by atoms with Gasteiger partial charge in [-0.2, -0.15) is 5.10 Å². The monoisotopic (exact) mass is 305 g/mol. The van der Waals surface area contributed by atoms with Crippen LogP contribution in [-0.2, 0) is 6.54 Å². The molecule has 0 amide bonds. The van der Waals surface area contributed by atoms with E-state index >= 15 is 0 Å². The molecule has 0 aliphatic rings. The third-order valence-electron chi connectivity index (χ3n) is 2.63. The van der Waals surface area contributed by atoms with E-state index in [4.69, 9.17) is 12.2 Å². The normalized spacial score (nSPS) is 10.6. The molecule has 0 unspecified atom stereocenters. The summed E-state index contributed by atoms with van der Waals surface area (Å²) < 4.78 is 26.1. The summed E-state index contributed by atoms with van der Waals surface area (Å²) in [6.07, 6.45) is 1.24. The van der Waals surface area contributed by atoms with E-state index in [-0.39, 0.29) is 5.56 Å². The van der Waals surface area contributed by atoms with Gasteiger partial charge in [0.05, 0.1) is 6.21 Å². The van der Waals surface area contributed by atoms with Gasteiger partial charge in [-0.1, -0.05) is 30.3 Å². The zero-order valence-electron chi connectivity index (χ0n) is 11.0. The summed E-state index contributed by atoms with van der Waals surface area (Å²) in [6, 6.07) is 13.0. The van der Waals surface area contributed by atoms with Gasteiger partial charge in [-0.15, -0.1) is 0 Å². The van der Waals surface area contributed by atoms with E-state index in [2.05, 4.69) is 15.8 Å². The van der Waals surface area contributed by atoms with E-state index in [1.54, 1.807) is 0 Å². The summed E-state index contributed by atoms with van der Waals surface area (Å²) in [5.74, 6) is -1.30. The molecule has 108 valence electrons. The topological polar surface area (TPSA) is 36.4 Å². The fourth-order valence-electron chi connectivity index (χ4n) is 1.58. The molecule has 0 aliphatic carbocycles. The average molecular weight is 305 g/mol. The summed E-state index contributed by atoms with van der Waals surface area (Å²) in [5, 5.41) is 7.08. The second kappa shape index (κ2) is 7.44. The second-order valence-electron chi connectivity index (χ2n) is 4.20. The van der Waals surface area contributed by atoms with Crippen molar-refractivity contribution in [3.8, 4) is 0 Å². The zero-order valence-corrected chi connectivity index (χ0v) is 11.8. The summed E-state index contributed by atoms with van der Waals surface area (Å²) in [5.41, 5.74) is 3.83. The van der Waals surface area contributed by atoms with Crippen molar-refractivity contribution in [2.24, 2.45) is 5.10 Å².